The van der Waals surface area contributed by atoms with E-state index in [9.17, 15) is 9.59 Å². The first-order valence-corrected chi connectivity index (χ1v) is 12.1. The van der Waals surface area contributed by atoms with Gasteiger partial charge in [0.05, 0.1) is 17.8 Å². The summed E-state index contributed by atoms with van der Waals surface area (Å²) in [5.74, 6) is 0.415. The van der Waals surface area contributed by atoms with E-state index >= 15 is 0 Å². The Morgan fingerprint density at radius 3 is 2.64 bits per heavy atom. The van der Waals surface area contributed by atoms with Gasteiger partial charge in [-0.05, 0) is 53.0 Å². The normalized spacial score (nSPS) is 13.7. The molecular weight excluding hydrogens is 488 g/mol. The number of esters is 1. The molecule has 12 heteroatoms. The van der Waals surface area contributed by atoms with Crippen LogP contribution in [0.1, 0.15) is 57.3 Å². The zero-order valence-corrected chi connectivity index (χ0v) is 21.6. The monoisotopic (exact) mass is 516 g/mol. The van der Waals surface area contributed by atoms with Crippen molar-refractivity contribution in [1.29, 1.82) is 0 Å². The van der Waals surface area contributed by atoms with Crippen molar-refractivity contribution in [2.45, 2.75) is 58.7 Å². The average Bonchev–Trinajstić information content (AvgIpc) is 3.19. The molecule has 0 spiro atoms. The maximum atomic E-state index is 12.9. The largest absolute Gasteiger partial charge is 0.473 e. The second-order valence-electron chi connectivity index (χ2n) is 9.36. The number of aromatic nitrogens is 4. The van der Waals surface area contributed by atoms with Crippen molar-refractivity contribution >= 4 is 46.6 Å². The minimum Gasteiger partial charge on any atom is -0.473 e. The highest BCUT2D eigenvalue weighted by Crippen LogP contribution is 2.33. The number of rotatable bonds is 7. The maximum absolute atomic E-state index is 12.9. The van der Waals surface area contributed by atoms with Gasteiger partial charge < -0.3 is 19.5 Å². The van der Waals surface area contributed by atoms with Crippen LogP contribution in [0, 0.1) is 0 Å². The molecule has 11 nitrogen and oxygen atoms in total. The number of pyridine rings is 1. The predicted molar refractivity (Wildman–Crippen MR) is 134 cm³/mol. The van der Waals surface area contributed by atoms with E-state index in [2.05, 4.69) is 20.4 Å². The molecule has 1 N–H and O–H groups in total. The highest BCUT2D eigenvalue weighted by atomic mass is 35.5. The van der Waals surface area contributed by atoms with Crippen LogP contribution in [0.15, 0.2) is 24.5 Å². The number of carbonyl (C=O) groups excluding carboxylic acids is 2. The first-order valence-electron chi connectivity index (χ1n) is 11.7. The Labute approximate surface area is 213 Å². The van der Waals surface area contributed by atoms with Crippen LogP contribution in [-0.2, 0) is 9.47 Å². The fraction of sp³-hybridized carbons (Fsp3) is 0.458. The lowest BCUT2D eigenvalue weighted by Crippen LogP contribution is -2.35. The maximum Gasteiger partial charge on any atom is 0.415 e. The summed E-state index contributed by atoms with van der Waals surface area (Å²) < 4.78 is 18.1. The van der Waals surface area contributed by atoms with E-state index in [1.165, 1.54) is 21.8 Å². The standard InChI is InChI=1S/C24H29ClN6O5/c1-6-34-22(32)16-13-27-31-19(30(5)23(33)36-24(2,3)4)11-18(29-20(16)31)28-17-10-14(25)12-26-21(17)35-15-8-7-9-15/h10-13,15H,6-9H2,1-5H3,(H,28,29). The fourth-order valence-electron chi connectivity index (χ4n) is 3.42. The van der Waals surface area contributed by atoms with Crippen molar-refractivity contribution < 1.29 is 23.8 Å². The van der Waals surface area contributed by atoms with Crippen molar-refractivity contribution in [3.05, 3.63) is 35.1 Å². The number of anilines is 3. The van der Waals surface area contributed by atoms with Gasteiger partial charge in [-0.15, -0.1) is 0 Å². The lowest BCUT2D eigenvalue weighted by Gasteiger charge is -2.27. The molecule has 192 valence electrons. The summed E-state index contributed by atoms with van der Waals surface area (Å²) in [5.41, 5.74) is 0.128. The summed E-state index contributed by atoms with van der Waals surface area (Å²) in [6.07, 6.45) is 5.37. The van der Waals surface area contributed by atoms with E-state index in [1.54, 1.807) is 46.9 Å². The molecular formula is C24H29ClN6O5. The van der Waals surface area contributed by atoms with Crippen molar-refractivity contribution in [2.24, 2.45) is 0 Å². The summed E-state index contributed by atoms with van der Waals surface area (Å²) in [6, 6.07) is 3.28. The van der Waals surface area contributed by atoms with E-state index in [0.717, 1.165) is 19.3 Å². The molecule has 1 amide bonds. The zero-order chi connectivity index (χ0) is 26.0. The first-order chi connectivity index (χ1) is 17.1. The third kappa shape index (κ3) is 5.62. The number of hydrogen-bond acceptors (Lipinski definition) is 9. The van der Waals surface area contributed by atoms with Crippen LogP contribution < -0.4 is 15.0 Å². The molecule has 36 heavy (non-hydrogen) atoms. The van der Waals surface area contributed by atoms with Gasteiger partial charge >= 0.3 is 12.1 Å². The van der Waals surface area contributed by atoms with Crippen molar-refractivity contribution in [1.82, 2.24) is 19.6 Å². The molecule has 1 aliphatic carbocycles. The van der Waals surface area contributed by atoms with Crippen LogP contribution in [-0.4, -0.2) is 57.0 Å². The molecule has 0 aliphatic heterocycles. The molecule has 3 heterocycles. The van der Waals surface area contributed by atoms with Gasteiger partial charge in [0.25, 0.3) is 0 Å². The number of amides is 1. The number of nitrogens with one attached hydrogen (secondary N) is 1. The Balaban J connectivity index is 1.78. The quantitative estimate of drug-likeness (QED) is 0.432. The molecule has 1 aliphatic rings. The van der Waals surface area contributed by atoms with Crippen molar-refractivity contribution in [3.8, 4) is 5.88 Å². The summed E-state index contributed by atoms with van der Waals surface area (Å²) >= 11 is 6.21. The van der Waals surface area contributed by atoms with Crippen LogP contribution in [0.3, 0.4) is 0 Å². The van der Waals surface area contributed by atoms with Gasteiger partial charge in [0.2, 0.25) is 5.88 Å². The van der Waals surface area contributed by atoms with Gasteiger partial charge in [-0.25, -0.2) is 19.6 Å². The van der Waals surface area contributed by atoms with Gasteiger partial charge in [0.15, 0.2) is 5.65 Å². The van der Waals surface area contributed by atoms with Crippen LogP contribution in [0.25, 0.3) is 5.65 Å². The van der Waals surface area contributed by atoms with E-state index in [4.69, 9.17) is 25.8 Å². The second-order valence-corrected chi connectivity index (χ2v) is 9.79. The van der Waals surface area contributed by atoms with Crippen molar-refractivity contribution in [3.63, 3.8) is 0 Å². The van der Waals surface area contributed by atoms with Gasteiger partial charge in [0.1, 0.15) is 34.6 Å². The summed E-state index contributed by atoms with van der Waals surface area (Å²) in [5, 5.41) is 7.86. The molecule has 0 atom stereocenters. The number of carbonyl (C=O) groups is 2. The van der Waals surface area contributed by atoms with Crippen LogP contribution >= 0.6 is 11.6 Å². The SMILES string of the molecule is CCOC(=O)c1cnn2c(N(C)C(=O)OC(C)(C)C)cc(Nc3cc(Cl)cnc3OC3CCC3)nc12. The molecule has 4 rings (SSSR count). The highest BCUT2D eigenvalue weighted by Gasteiger charge is 2.26. The molecule has 3 aromatic heterocycles. The van der Waals surface area contributed by atoms with E-state index in [-0.39, 0.29) is 23.9 Å². The molecule has 0 bridgehead atoms. The Morgan fingerprint density at radius 2 is 2.00 bits per heavy atom. The number of hydrogen-bond donors (Lipinski definition) is 1. The molecule has 1 saturated carbocycles. The molecule has 0 saturated heterocycles. The Kier molecular flexibility index (Phi) is 7.21. The van der Waals surface area contributed by atoms with E-state index in [0.29, 0.717) is 28.2 Å². The Hall–Kier alpha value is -3.60. The van der Waals surface area contributed by atoms with Crippen LogP contribution in [0.5, 0.6) is 5.88 Å². The number of fused-ring (bicyclic) bond motifs is 1. The smallest absolute Gasteiger partial charge is 0.415 e. The second kappa shape index (κ2) is 10.2. The first kappa shape index (κ1) is 25.5. The van der Waals surface area contributed by atoms with Crippen molar-refractivity contribution in [2.75, 3.05) is 23.9 Å². The van der Waals surface area contributed by atoms with Crippen LogP contribution in [0.2, 0.25) is 5.02 Å². The summed E-state index contributed by atoms with van der Waals surface area (Å²) in [7, 11) is 1.55. The van der Waals surface area contributed by atoms with E-state index < -0.39 is 17.7 Å². The highest BCUT2D eigenvalue weighted by molar-refractivity contribution is 6.30. The molecule has 3 aromatic rings. The van der Waals surface area contributed by atoms with Gasteiger partial charge in [-0.3, -0.25) is 4.90 Å². The minimum absolute atomic E-state index is 0.0915. The van der Waals surface area contributed by atoms with Gasteiger partial charge in [0, 0.05) is 19.3 Å². The van der Waals surface area contributed by atoms with Crippen LogP contribution in [0.4, 0.5) is 22.1 Å². The lowest BCUT2D eigenvalue weighted by molar-refractivity contribution is 0.0527. The number of halogens is 1. The molecule has 1 fully saturated rings. The van der Waals surface area contributed by atoms with Gasteiger partial charge in [-0.1, -0.05) is 11.6 Å². The zero-order valence-electron chi connectivity index (χ0n) is 20.9. The topological polar surface area (TPSA) is 120 Å². The number of nitrogens with zero attached hydrogens (tertiary/aromatic N) is 5. The Morgan fingerprint density at radius 1 is 1.25 bits per heavy atom. The third-order valence-corrected chi connectivity index (χ3v) is 5.58. The third-order valence-electron chi connectivity index (χ3n) is 5.37. The average molecular weight is 517 g/mol. The minimum atomic E-state index is -0.709. The molecule has 0 radical (unpaired) electrons. The van der Waals surface area contributed by atoms with E-state index in [1.807, 2.05) is 0 Å². The fourth-order valence-corrected chi connectivity index (χ4v) is 3.58. The van der Waals surface area contributed by atoms with Gasteiger partial charge in [-0.2, -0.15) is 9.61 Å². The molecule has 0 unspecified atom stereocenters. The molecule has 0 aromatic carbocycles. The predicted octanol–water partition coefficient (Wildman–Crippen LogP) is 5.00. The number of ether oxygens (including phenoxy) is 3. The Bertz CT molecular complexity index is 1280. The summed E-state index contributed by atoms with van der Waals surface area (Å²) in [4.78, 5) is 35.6. The summed E-state index contributed by atoms with van der Waals surface area (Å²) in [6.45, 7) is 7.22. The lowest BCUT2D eigenvalue weighted by atomic mass is 9.96.